The minimum atomic E-state index is -4.02. The highest BCUT2D eigenvalue weighted by molar-refractivity contribution is 7.45. The van der Waals surface area contributed by atoms with Gasteiger partial charge in [-0.05, 0) is 38.5 Å². The van der Waals surface area contributed by atoms with Crippen molar-refractivity contribution in [1.29, 1.82) is 0 Å². The van der Waals surface area contributed by atoms with Crippen molar-refractivity contribution < 1.29 is 23.1 Å². The average Bonchev–Trinajstić information content (AvgIpc) is 3.20. The largest absolute Gasteiger partial charge is 0.756 e. The lowest BCUT2D eigenvalue weighted by Gasteiger charge is -2.22. The predicted molar refractivity (Wildman–Crippen MR) is 127 cm³/mol. The standard InChI is InChI=1S/C14H27N2.C10H23O4P/c1-3-5-7-9-11-16-13-12-15(14-16)10-8-6-4-2;1-3-5-7-9-13-15(11,12)14-10-8-6-4-2/h12-14H,3-11H2,1-2H3;3-10H2,1-2H3,(H,11,12)/q+1;/p-1. The number of aryl methyl sites for hydroxylation is 2. The summed E-state index contributed by atoms with van der Waals surface area (Å²) in [6.07, 6.45) is 21.6. The molecule has 0 aliphatic carbocycles. The van der Waals surface area contributed by atoms with Crippen molar-refractivity contribution in [3.05, 3.63) is 18.7 Å². The Balaban J connectivity index is 0.000000582. The van der Waals surface area contributed by atoms with E-state index in [1.165, 1.54) is 58.0 Å². The van der Waals surface area contributed by atoms with E-state index in [1.54, 1.807) is 0 Å². The van der Waals surface area contributed by atoms with Crippen LogP contribution >= 0.6 is 7.82 Å². The summed E-state index contributed by atoms with van der Waals surface area (Å²) in [4.78, 5) is 11.1. The zero-order chi connectivity index (χ0) is 23.2. The molecular formula is C24H49N2O4P. The molecule has 0 saturated heterocycles. The molecule has 31 heavy (non-hydrogen) atoms. The Hall–Kier alpha value is -0.680. The molecular weight excluding hydrogens is 411 g/mol. The smallest absolute Gasteiger partial charge is 0.267 e. The molecule has 184 valence electrons. The number of hydrogen-bond donors (Lipinski definition) is 0. The van der Waals surface area contributed by atoms with Gasteiger partial charge in [0.25, 0.3) is 7.82 Å². The normalized spacial score (nSPS) is 11.4. The third-order valence-electron chi connectivity index (χ3n) is 5.03. The lowest BCUT2D eigenvalue weighted by molar-refractivity contribution is -0.696. The fourth-order valence-electron chi connectivity index (χ4n) is 3.06. The second kappa shape index (κ2) is 21.2. The number of aromatic nitrogens is 2. The van der Waals surface area contributed by atoms with Gasteiger partial charge in [0, 0.05) is 0 Å². The fraction of sp³-hybridized carbons (Fsp3) is 0.875. The van der Waals surface area contributed by atoms with Crippen LogP contribution in [0.2, 0.25) is 0 Å². The Labute approximate surface area is 192 Å². The topological polar surface area (TPSA) is 67.4 Å². The molecule has 0 unspecified atom stereocenters. The molecule has 7 heteroatoms. The van der Waals surface area contributed by atoms with Crippen LogP contribution in [0.1, 0.15) is 111 Å². The second-order valence-electron chi connectivity index (χ2n) is 8.18. The molecule has 0 amide bonds. The minimum Gasteiger partial charge on any atom is -0.756 e. The van der Waals surface area contributed by atoms with Gasteiger partial charge in [-0.3, -0.25) is 4.57 Å². The molecule has 0 saturated carbocycles. The Morgan fingerprint density at radius 2 is 1.29 bits per heavy atom. The first-order chi connectivity index (χ1) is 15.0. The van der Waals surface area contributed by atoms with E-state index in [4.69, 9.17) is 0 Å². The van der Waals surface area contributed by atoms with Crippen LogP contribution in [0.4, 0.5) is 0 Å². The first kappa shape index (κ1) is 30.3. The maximum Gasteiger partial charge on any atom is 0.267 e. The van der Waals surface area contributed by atoms with Crippen LogP contribution in [0.25, 0.3) is 0 Å². The monoisotopic (exact) mass is 460 g/mol. The van der Waals surface area contributed by atoms with E-state index in [0.29, 0.717) is 0 Å². The van der Waals surface area contributed by atoms with Crippen molar-refractivity contribution in [2.75, 3.05) is 13.2 Å². The molecule has 0 aliphatic heterocycles. The summed E-state index contributed by atoms with van der Waals surface area (Å²) < 4.78 is 25.2. The van der Waals surface area contributed by atoms with E-state index in [1.807, 2.05) is 0 Å². The van der Waals surface area contributed by atoms with Gasteiger partial charge in [0.15, 0.2) is 0 Å². The molecule has 1 heterocycles. The van der Waals surface area contributed by atoms with Gasteiger partial charge in [0.2, 0.25) is 6.33 Å². The van der Waals surface area contributed by atoms with Gasteiger partial charge in [-0.2, -0.15) is 0 Å². The van der Waals surface area contributed by atoms with Gasteiger partial charge in [0.1, 0.15) is 12.4 Å². The van der Waals surface area contributed by atoms with Gasteiger partial charge < -0.3 is 13.9 Å². The van der Waals surface area contributed by atoms with E-state index in [-0.39, 0.29) is 13.2 Å². The molecule has 1 aromatic heterocycles. The quantitative estimate of drug-likeness (QED) is 0.136. The molecule has 0 aliphatic rings. The maximum absolute atomic E-state index is 11.1. The first-order valence-corrected chi connectivity index (χ1v) is 14.1. The molecule has 6 nitrogen and oxygen atoms in total. The van der Waals surface area contributed by atoms with Crippen molar-refractivity contribution in [2.45, 2.75) is 124 Å². The van der Waals surface area contributed by atoms with Crippen molar-refractivity contribution >= 4 is 7.82 Å². The summed E-state index contributed by atoms with van der Waals surface area (Å²) in [5.41, 5.74) is 0. The minimum absolute atomic E-state index is 0.238. The number of unbranched alkanes of at least 4 members (excludes halogenated alkanes) is 9. The Morgan fingerprint density at radius 1 is 0.774 bits per heavy atom. The highest BCUT2D eigenvalue weighted by atomic mass is 31.2. The summed E-state index contributed by atoms with van der Waals surface area (Å²) in [7, 11) is -4.02. The molecule has 0 aromatic carbocycles. The average molecular weight is 461 g/mol. The summed E-state index contributed by atoms with van der Waals surface area (Å²) in [6, 6.07) is 0. The van der Waals surface area contributed by atoms with Gasteiger partial charge in [-0.25, -0.2) is 9.13 Å². The molecule has 0 atom stereocenters. The van der Waals surface area contributed by atoms with E-state index in [0.717, 1.165) is 38.5 Å². The molecule has 0 radical (unpaired) electrons. The lowest BCUT2D eigenvalue weighted by Crippen LogP contribution is -2.30. The van der Waals surface area contributed by atoms with Crippen LogP contribution < -0.4 is 9.46 Å². The first-order valence-electron chi connectivity index (χ1n) is 12.6. The van der Waals surface area contributed by atoms with Crippen LogP contribution in [0.15, 0.2) is 18.7 Å². The summed E-state index contributed by atoms with van der Waals surface area (Å²) in [6.45, 7) is 11.5. The molecule has 0 spiro atoms. The third kappa shape index (κ3) is 19.7. The van der Waals surface area contributed by atoms with Crippen LogP contribution in [-0.4, -0.2) is 17.8 Å². The van der Waals surface area contributed by atoms with Crippen molar-refractivity contribution in [2.24, 2.45) is 0 Å². The Bertz CT molecular complexity index is 535. The van der Waals surface area contributed by atoms with Crippen LogP contribution in [0, 0.1) is 0 Å². The molecule has 0 fully saturated rings. The molecule has 0 N–H and O–H groups in total. The van der Waals surface area contributed by atoms with E-state index < -0.39 is 7.82 Å². The van der Waals surface area contributed by atoms with Crippen molar-refractivity contribution in [3.8, 4) is 0 Å². The van der Waals surface area contributed by atoms with Gasteiger partial charge in [-0.15, -0.1) is 0 Å². The number of nitrogens with zero attached hydrogens (tertiary/aromatic N) is 2. The zero-order valence-electron chi connectivity index (χ0n) is 20.7. The SMILES string of the molecule is CCCCCCn1cc[n+](CCCCC)c1.CCCCCOP(=O)([O-])OCCCCC. The van der Waals surface area contributed by atoms with E-state index >= 15 is 0 Å². The van der Waals surface area contributed by atoms with E-state index in [9.17, 15) is 9.46 Å². The highest BCUT2D eigenvalue weighted by Gasteiger charge is 2.08. The summed E-state index contributed by atoms with van der Waals surface area (Å²) in [5.74, 6) is 0. The van der Waals surface area contributed by atoms with Crippen molar-refractivity contribution in [3.63, 3.8) is 0 Å². The molecule has 1 rings (SSSR count). The predicted octanol–water partition coefficient (Wildman–Crippen LogP) is 6.41. The molecule has 0 bridgehead atoms. The summed E-state index contributed by atoms with van der Waals surface area (Å²) in [5, 5.41) is 0. The Morgan fingerprint density at radius 3 is 1.84 bits per heavy atom. The Kier molecular flexibility index (Phi) is 20.7. The van der Waals surface area contributed by atoms with E-state index in [2.05, 4.69) is 64.6 Å². The third-order valence-corrected chi connectivity index (χ3v) is 6.03. The van der Waals surface area contributed by atoms with Crippen molar-refractivity contribution in [1.82, 2.24) is 4.57 Å². The number of rotatable bonds is 19. The summed E-state index contributed by atoms with van der Waals surface area (Å²) >= 11 is 0. The zero-order valence-corrected chi connectivity index (χ0v) is 21.6. The number of phosphoric acid groups is 1. The van der Waals surface area contributed by atoms with Gasteiger partial charge >= 0.3 is 0 Å². The maximum atomic E-state index is 11.1. The molecule has 1 aromatic rings. The van der Waals surface area contributed by atoms with Crippen LogP contribution in [0.3, 0.4) is 0 Å². The highest BCUT2D eigenvalue weighted by Crippen LogP contribution is 2.38. The number of phosphoric ester groups is 1. The second-order valence-corrected chi connectivity index (χ2v) is 9.60. The van der Waals surface area contributed by atoms with Crippen LogP contribution in [-0.2, 0) is 26.7 Å². The number of imidazole rings is 1. The van der Waals surface area contributed by atoms with Gasteiger partial charge in [0.05, 0.1) is 26.3 Å². The fourth-order valence-corrected chi connectivity index (χ4v) is 3.84. The number of hydrogen-bond acceptors (Lipinski definition) is 4. The van der Waals surface area contributed by atoms with Crippen LogP contribution in [0.5, 0.6) is 0 Å². The lowest BCUT2D eigenvalue weighted by atomic mass is 10.2. The van der Waals surface area contributed by atoms with Gasteiger partial charge in [-0.1, -0.05) is 72.6 Å².